The van der Waals surface area contributed by atoms with Gasteiger partial charge < -0.3 is 37.9 Å². The van der Waals surface area contributed by atoms with Crippen molar-refractivity contribution in [1.82, 2.24) is 4.98 Å². The monoisotopic (exact) mass is 579 g/mol. The van der Waals surface area contributed by atoms with E-state index >= 15 is 0 Å². The molecule has 2 aliphatic rings. The van der Waals surface area contributed by atoms with Crippen molar-refractivity contribution < 1.29 is 37.9 Å². The smallest absolute Gasteiger partial charge is 0.130 e. The van der Waals surface area contributed by atoms with E-state index in [2.05, 4.69) is 38.1 Å². The van der Waals surface area contributed by atoms with Gasteiger partial charge in [0.15, 0.2) is 0 Å². The predicted molar refractivity (Wildman–Crippen MR) is 156 cm³/mol. The van der Waals surface area contributed by atoms with Crippen LogP contribution in [-0.2, 0) is 68.1 Å². The summed E-state index contributed by atoms with van der Waals surface area (Å²) in [4.78, 5) is 4.84. The van der Waals surface area contributed by atoms with Crippen molar-refractivity contribution in [3.63, 3.8) is 0 Å². The molecule has 0 aliphatic carbocycles. The summed E-state index contributed by atoms with van der Waals surface area (Å²) in [6, 6.07) is 14.3. The van der Waals surface area contributed by atoms with Crippen LogP contribution in [0, 0.1) is 13.8 Å². The molecule has 3 aromatic rings. The van der Waals surface area contributed by atoms with Crippen LogP contribution >= 0.6 is 0 Å². The molecule has 5 rings (SSSR count). The number of hydrogen-bond acceptors (Lipinski definition) is 9. The van der Waals surface area contributed by atoms with Crippen molar-refractivity contribution >= 4 is 0 Å². The molecule has 226 valence electrons. The summed E-state index contributed by atoms with van der Waals surface area (Å²) >= 11 is 0. The van der Waals surface area contributed by atoms with Crippen molar-refractivity contribution in [2.75, 3.05) is 52.9 Å². The predicted octanol–water partition coefficient (Wildman–Crippen LogP) is 4.98. The summed E-state index contributed by atoms with van der Waals surface area (Å²) < 4.78 is 48.4. The summed E-state index contributed by atoms with van der Waals surface area (Å²) in [6.45, 7) is 10.0. The van der Waals surface area contributed by atoms with Gasteiger partial charge in [0.25, 0.3) is 0 Å². The van der Waals surface area contributed by atoms with Crippen LogP contribution in [-0.4, -0.2) is 57.8 Å². The molecule has 0 amide bonds. The van der Waals surface area contributed by atoms with Gasteiger partial charge in [0.1, 0.15) is 24.7 Å². The molecule has 0 unspecified atom stereocenters. The Morgan fingerprint density at radius 3 is 1.14 bits per heavy atom. The lowest BCUT2D eigenvalue weighted by atomic mass is 10.1. The lowest BCUT2D eigenvalue weighted by molar-refractivity contribution is 0.00391. The number of pyridine rings is 1. The van der Waals surface area contributed by atoms with Crippen LogP contribution in [0.2, 0.25) is 0 Å². The van der Waals surface area contributed by atoms with Crippen molar-refractivity contribution in [3.8, 4) is 11.5 Å². The van der Waals surface area contributed by atoms with E-state index in [9.17, 15) is 0 Å². The zero-order valence-electron chi connectivity index (χ0n) is 24.7. The number of fused-ring (bicyclic) bond motifs is 2. The van der Waals surface area contributed by atoms with Gasteiger partial charge in [-0.05, 0) is 26.0 Å². The van der Waals surface area contributed by atoms with Crippen LogP contribution in [0.1, 0.15) is 44.8 Å². The number of benzene rings is 2. The lowest BCUT2D eigenvalue weighted by Crippen LogP contribution is -2.13. The maximum absolute atomic E-state index is 6.43. The van der Waals surface area contributed by atoms with E-state index in [4.69, 9.17) is 42.9 Å². The Balaban J connectivity index is 1.48. The number of hydrogen-bond donors (Lipinski definition) is 0. The van der Waals surface area contributed by atoms with Gasteiger partial charge in [-0.1, -0.05) is 41.5 Å². The van der Waals surface area contributed by atoms with Gasteiger partial charge in [-0.15, -0.1) is 0 Å². The van der Waals surface area contributed by atoms with Crippen LogP contribution in [0.3, 0.4) is 0 Å². The molecule has 3 heterocycles. The molecular weight excluding hydrogens is 538 g/mol. The number of ether oxygens (including phenoxy) is 8. The molecule has 9 nitrogen and oxygen atoms in total. The second-order valence-electron chi connectivity index (χ2n) is 10.5. The van der Waals surface area contributed by atoms with Gasteiger partial charge in [0.05, 0.1) is 90.7 Å². The molecule has 0 N–H and O–H groups in total. The summed E-state index contributed by atoms with van der Waals surface area (Å²) in [7, 11) is 0. The maximum Gasteiger partial charge on any atom is 0.130 e. The molecule has 2 aliphatic heterocycles. The van der Waals surface area contributed by atoms with Crippen LogP contribution in [0.25, 0.3) is 0 Å². The molecule has 0 fully saturated rings. The highest BCUT2D eigenvalue weighted by Gasteiger charge is 2.16. The Hall–Kier alpha value is -3.05. The molecule has 0 radical (unpaired) electrons. The number of rotatable bonds is 0. The van der Waals surface area contributed by atoms with E-state index in [1.807, 2.05) is 18.2 Å². The maximum atomic E-state index is 6.43. The zero-order chi connectivity index (χ0) is 29.0. The van der Waals surface area contributed by atoms with Crippen molar-refractivity contribution in [2.24, 2.45) is 0 Å². The minimum absolute atomic E-state index is 0.297. The van der Waals surface area contributed by atoms with Crippen molar-refractivity contribution in [1.29, 1.82) is 0 Å². The summed E-state index contributed by atoms with van der Waals surface area (Å²) in [5.74, 6) is 1.51. The second-order valence-corrected chi connectivity index (χ2v) is 10.5. The van der Waals surface area contributed by atoms with Gasteiger partial charge in [0, 0.05) is 22.3 Å². The third-order valence-corrected chi connectivity index (χ3v) is 6.89. The van der Waals surface area contributed by atoms with E-state index in [0.717, 1.165) is 56.3 Å². The average molecular weight is 580 g/mol. The second kappa shape index (κ2) is 16.0. The fraction of sp³-hybridized carbons (Fsp3) is 0.485. The molecule has 4 bridgehead atoms. The first-order valence-electron chi connectivity index (χ1n) is 14.6. The highest BCUT2D eigenvalue weighted by atomic mass is 16.6. The van der Waals surface area contributed by atoms with E-state index in [1.54, 1.807) is 0 Å². The standard InChI is InChI=1S/C33H41NO8/c1-24-14-26-18-37-10-6-35-8-12-39-20-28-16-25(2)17-29-21-40-13-9-36-7-11-38-19-27(15-24)32(26)41-22-30-4-3-5-31(34-30)23-42-33(28)29/h3-5,14-17H,6-13,18-23H2,1-2H3. The minimum Gasteiger partial charge on any atom is -0.487 e. The lowest BCUT2D eigenvalue weighted by Gasteiger charge is -2.19. The highest BCUT2D eigenvalue weighted by molar-refractivity contribution is 5.45. The summed E-state index contributed by atoms with van der Waals surface area (Å²) in [6.07, 6.45) is 0. The first-order valence-corrected chi connectivity index (χ1v) is 14.6. The van der Waals surface area contributed by atoms with Gasteiger partial charge in [-0.3, -0.25) is 4.98 Å². The van der Waals surface area contributed by atoms with Crippen LogP contribution in [0.4, 0.5) is 0 Å². The zero-order valence-corrected chi connectivity index (χ0v) is 24.7. The topological polar surface area (TPSA) is 86.7 Å². The fourth-order valence-electron chi connectivity index (χ4n) is 5.04. The molecule has 0 atom stereocenters. The Morgan fingerprint density at radius 1 is 0.452 bits per heavy atom. The third kappa shape index (κ3) is 8.97. The van der Waals surface area contributed by atoms with E-state index < -0.39 is 0 Å². The van der Waals surface area contributed by atoms with E-state index in [0.29, 0.717) is 92.5 Å². The van der Waals surface area contributed by atoms with Crippen LogP contribution < -0.4 is 9.47 Å². The molecule has 2 aromatic carbocycles. The SMILES string of the molecule is Cc1cc2c3c(c1)COCCOCCOCc1cc(C)cc(c1OCc1cccc(n1)CO3)COCCOCCOC2. The fourth-order valence-corrected chi connectivity index (χ4v) is 5.04. The van der Waals surface area contributed by atoms with E-state index in [1.165, 1.54) is 0 Å². The minimum atomic E-state index is 0.297. The van der Waals surface area contributed by atoms with Crippen LogP contribution in [0.5, 0.6) is 11.5 Å². The molecule has 0 saturated heterocycles. The van der Waals surface area contributed by atoms with Gasteiger partial charge in [-0.2, -0.15) is 0 Å². The molecule has 0 spiro atoms. The molecule has 1 aromatic heterocycles. The molecule has 9 heteroatoms. The first-order chi connectivity index (χ1) is 20.7. The Morgan fingerprint density at radius 2 is 0.786 bits per heavy atom. The summed E-state index contributed by atoms with van der Waals surface area (Å²) in [5, 5.41) is 0. The summed E-state index contributed by atoms with van der Waals surface area (Å²) in [5.41, 5.74) is 7.66. The highest BCUT2D eigenvalue weighted by Crippen LogP contribution is 2.30. The Kier molecular flexibility index (Phi) is 11.6. The number of aryl methyl sites for hydroxylation is 2. The Labute approximate surface area is 248 Å². The largest absolute Gasteiger partial charge is 0.487 e. The number of nitrogens with zero attached hydrogens (tertiary/aromatic N) is 1. The third-order valence-electron chi connectivity index (χ3n) is 6.89. The molecular formula is C33H41NO8. The van der Waals surface area contributed by atoms with E-state index in [-0.39, 0.29) is 0 Å². The molecule has 0 saturated carbocycles. The van der Waals surface area contributed by atoms with Gasteiger partial charge >= 0.3 is 0 Å². The van der Waals surface area contributed by atoms with Crippen molar-refractivity contribution in [2.45, 2.75) is 53.5 Å². The Bertz CT molecular complexity index is 1140. The van der Waals surface area contributed by atoms with Gasteiger partial charge in [0.2, 0.25) is 0 Å². The van der Waals surface area contributed by atoms with Gasteiger partial charge in [-0.25, -0.2) is 0 Å². The normalized spacial score (nSPS) is 18.1. The van der Waals surface area contributed by atoms with Crippen molar-refractivity contribution in [3.05, 3.63) is 87.2 Å². The average Bonchev–Trinajstić information content (AvgIpc) is 2.97. The van der Waals surface area contributed by atoms with Crippen LogP contribution in [0.15, 0.2) is 42.5 Å². The quantitative estimate of drug-likeness (QED) is 0.366. The number of aromatic nitrogens is 1. The molecule has 42 heavy (non-hydrogen) atoms. The first kappa shape index (κ1) is 30.4.